The Labute approximate surface area is 187 Å². The van der Waals surface area contributed by atoms with Crippen molar-refractivity contribution in [1.82, 2.24) is 10.7 Å². The average molecular weight is 530 g/mol. The molecule has 2 rings (SSSR count). The van der Waals surface area contributed by atoms with Crippen molar-refractivity contribution in [2.24, 2.45) is 11.0 Å². The van der Waals surface area contributed by atoms with E-state index in [0.29, 0.717) is 25.5 Å². The number of carbonyl (C=O) groups is 2. The first-order valence-corrected chi connectivity index (χ1v) is 10.1. The third-order valence-corrected chi connectivity index (χ3v) is 5.04. The number of benzene rings is 2. The molecule has 0 heterocycles. The van der Waals surface area contributed by atoms with Crippen molar-refractivity contribution in [2.45, 2.75) is 19.9 Å². The second-order valence-corrected chi connectivity index (χ2v) is 8.09. The standard InChI is InChI=1S/C20H21ClIN3O4/c1-11(2)17(24-19(27)13-5-4-6-14(21)9-13)20(28)25-23-10-12-7-15(22)18(26)16(8-12)29-3/h4-11,17,26H,1-3H3,(H,24,27)(H,25,28)/b23-10+. The highest BCUT2D eigenvalue weighted by atomic mass is 127. The number of nitrogens with zero attached hydrogens (tertiary/aromatic N) is 1. The first-order valence-electron chi connectivity index (χ1n) is 8.68. The molecule has 0 aliphatic heterocycles. The number of phenolic OH excluding ortho intramolecular Hbond substituents is 1. The van der Waals surface area contributed by atoms with Crippen LogP contribution in [-0.2, 0) is 4.79 Å². The zero-order valence-electron chi connectivity index (χ0n) is 16.1. The monoisotopic (exact) mass is 529 g/mol. The molecule has 0 aliphatic carbocycles. The maximum absolute atomic E-state index is 12.5. The van der Waals surface area contributed by atoms with Crippen molar-refractivity contribution in [2.75, 3.05) is 7.11 Å². The Bertz CT molecular complexity index is 934. The van der Waals surface area contributed by atoms with E-state index in [1.165, 1.54) is 19.4 Å². The highest BCUT2D eigenvalue weighted by Crippen LogP contribution is 2.31. The third kappa shape index (κ3) is 6.33. The van der Waals surface area contributed by atoms with Gasteiger partial charge in [-0.25, -0.2) is 5.43 Å². The molecule has 29 heavy (non-hydrogen) atoms. The fraction of sp³-hybridized carbons (Fsp3) is 0.250. The Kier molecular flexibility index (Phi) is 8.27. The number of hydrogen-bond donors (Lipinski definition) is 3. The van der Waals surface area contributed by atoms with Crippen molar-refractivity contribution in [1.29, 1.82) is 0 Å². The van der Waals surface area contributed by atoms with Crippen molar-refractivity contribution < 1.29 is 19.4 Å². The molecule has 154 valence electrons. The van der Waals surface area contributed by atoms with E-state index in [-0.39, 0.29) is 11.7 Å². The number of aromatic hydroxyl groups is 1. The van der Waals surface area contributed by atoms with Gasteiger partial charge in [0.15, 0.2) is 11.5 Å². The van der Waals surface area contributed by atoms with Gasteiger partial charge < -0.3 is 15.2 Å². The lowest BCUT2D eigenvalue weighted by Gasteiger charge is -2.20. The van der Waals surface area contributed by atoms with Gasteiger partial charge in [0.1, 0.15) is 6.04 Å². The van der Waals surface area contributed by atoms with Crippen molar-refractivity contribution in [3.8, 4) is 11.5 Å². The fourth-order valence-electron chi connectivity index (χ4n) is 2.45. The first kappa shape index (κ1) is 23.0. The van der Waals surface area contributed by atoms with Crippen LogP contribution in [0.2, 0.25) is 5.02 Å². The Morgan fingerprint density at radius 2 is 2.00 bits per heavy atom. The third-order valence-electron chi connectivity index (χ3n) is 3.98. The van der Waals surface area contributed by atoms with Crippen LogP contribution in [0.5, 0.6) is 11.5 Å². The SMILES string of the molecule is COc1cc(/C=N/NC(=O)C(NC(=O)c2cccc(Cl)c2)C(C)C)cc(I)c1O. The molecule has 2 amide bonds. The Morgan fingerprint density at radius 3 is 2.62 bits per heavy atom. The summed E-state index contributed by atoms with van der Waals surface area (Å²) in [6.45, 7) is 3.64. The van der Waals surface area contributed by atoms with E-state index >= 15 is 0 Å². The Balaban J connectivity index is 2.07. The van der Waals surface area contributed by atoms with E-state index in [2.05, 4.69) is 15.8 Å². The van der Waals surface area contributed by atoms with E-state index in [9.17, 15) is 14.7 Å². The fourth-order valence-corrected chi connectivity index (χ4v) is 3.27. The van der Waals surface area contributed by atoms with Crippen LogP contribution in [0.3, 0.4) is 0 Å². The number of hydrogen-bond acceptors (Lipinski definition) is 5. The van der Waals surface area contributed by atoms with Crippen molar-refractivity contribution in [3.63, 3.8) is 0 Å². The van der Waals surface area contributed by atoms with Gasteiger partial charge in [-0.2, -0.15) is 5.10 Å². The topological polar surface area (TPSA) is 100 Å². The maximum Gasteiger partial charge on any atom is 0.262 e. The van der Waals surface area contributed by atoms with Gasteiger partial charge in [0.25, 0.3) is 11.8 Å². The molecule has 9 heteroatoms. The summed E-state index contributed by atoms with van der Waals surface area (Å²) in [7, 11) is 1.45. The van der Waals surface area contributed by atoms with Gasteiger partial charge in [-0.1, -0.05) is 31.5 Å². The van der Waals surface area contributed by atoms with E-state index < -0.39 is 17.9 Å². The van der Waals surface area contributed by atoms with Crippen LogP contribution in [0.4, 0.5) is 0 Å². The van der Waals surface area contributed by atoms with E-state index in [4.69, 9.17) is 16.3 Å². The molecule has 2 aromatic rings. The maximum atomic E-state index is 12.5. The number of methoxy groups -OCH3 is 1. The summed E-state index contributed by atoms with van der Waals surface area (Å²) in [5, 5.41) is 17.0. The highest BCUT2D eigenvalue weighted by Gasteiger charge is 2.24. The van der Waals surface area contributed by atoms with Gasteiger partial charge in [-0.05, 0) is 64.4 Å². The second kappa shape index (κ2) is 10.4. The average Bonchev–Trinajstić information content (AvgIpc) is 2.68. The predicted molar refractivity (Wildman–Crippen MR) is 121 cm³/mol. The summed E-state index contributed by atoms with van der Waals surface area (Å²) in [5.41, 5.74) is 3.44. The summed E-state index contributed by atoms with van der Waals surface area (Å²) < 4.78 is 5.68. The molecule has 0 saturated carbocycles. The quantitative estimate of drug-likeness (QED) is 0.290. The van der Waals surface area contributed by atoms with E-state index in [0.717, 1.165) is 0 Å². The second-order valence-electron chi connectivity index (χ2n) is 6.49. The van der Waals surface area contributed by atoms with E-state index in [1.54, 1.807) is 30.3 Å². The molecule has 0 aliphatic rings. The summed E-state index contributed by atoms with van der Waals surface area (Å²) in [5.74, 6) is -0.672. The minimum absolute atomic E-state index is 0.0397. The van der Waals surface area contributed by atoms with Crippen LogP contribution >= 0.6 is 34.2 Å². The minimum atomic E-state index is -0.784. The summed E-state index contributed by atoms with van der Waals surface area (Å²) in [4.78, 5) is 24.9. The Hall–Kier alpha value is -2.33. The molecular weight excluding hydrogens is 509 g/mol. The number of amides is 2. The smallest absolute Gasteiger partial charge is 0.262 e. The minimum Gasteiger partial charge on any atom is -0.504 e. The summed E-state index contributed by atoms with van der Waals surface area (Å²) in [6, 6.07) is 8.98. The van der Waals surface area contributed by atoms with Crippen LogP contribution in [0.25, 0.3) is 0 Å². The number of ether oxygens (including phenoxy) is 1. The number of rotatable bonds is 7. The van der Waals surface area contributed by atoms with Gasteiger partial charge in [-0.3, -0.25) is 9.59 Å². The first-order chi connectivity index (χ1) is 13.7. The predicted octanol–water partition coefficient (Wildman–Crippen LogP) is 3.56. The Morgan fingerprint density at radius 1 is 1.28 bits per heavy atom. The lowest BCUT2D eigenvalue weighted by molar-refractivity contribution is -0.123. The normalized spacial score (nSPS) is 12.1. The van der Waals surface area contributed by atoms with Crippen LogP contribution in [0.1, 0.15) is 29.8 Å². The molecule has 0 radical (unpaired) electrons. The lowest BCUT2D eigenvalue weighted by Crippen LogP contribution is -2.48. The molecule has 2 aromatic carbocycles. The van der Waals surface area contributed by atoms with Crippen molar-refractivity contribution >= 4 is 52.2 Å². The molecule has 3 N–H and O–H groups in total. The molecule has 0 fully saturated rings. The van der Waals surface area contributed by atoms with Crippen molar-refractivity contribution in [3.05, 3.63) is 56.1 Å². The summed E-state index contributed by atoms with van der Waals surface area (Å²) >= 11 is 7.88. The largest absolute Gasteiger partial charge is 0.504 e. The number of hydrazone groups is 1. The van der Waals surface area contributed by atoms with Crippen LogP contribution in [-0.4, -0.2) is 36.3 Å². The zero-order valence-corrected chi connectivity index (χ0v) is 19.0. The van der Waals surface area contributed by atoms with Crippen LogP contribution in [0, 0.1) is 9.49 Å². The van der Waals surface area contributed by atoms with Gasteiger partial charge in [0.05, 0.1) is 16.9 Å². The molecule has 1 unspecified atom stereocenters. The molecule has 7 nitrogen and oxygen atoms in total. The molecule has 0 aromatic heterocycles. The zero-order chi connectivity index (χ0) is 21.6. The summed E-state index contributed by atoms with van der Waals surface area (Å²) in [6.07, 6.45) is 1.43. The van der Waals surface area contributed by atoms with Crippen LogP contribution in [0.15, 0.2) is 41.5 Å². The molecule has 1 atom stereocenters. The molecule has 0 bridgehead atoms. The number of carbonyl (C=O) groups excluding carboxylic acids is 2. The van der Waals surface area contributed by atoms with Gasteiger partial charge in [0, 0.05) is 10.6 Å². The van der Waals surface area contributed by atoms with Gasteiger partial charge in [-0.15, -0.1) is 0 Å². The lowest BCUT2D eigenvalue weighted by atomic mass is 10.0. The molecule has 0 saturated heterocycles. The van der Waals surface area contributed by atoms with E-state index in [1.807, 2.05) is 36.4 Å². The molecular formula is C20H21ClIN3O4. The van der Waals surface area contributed by atoms with Crippen LogP contribution < -0.4 is 15.5 Å². The van der Waals surface area contributed by atoms with Gasteiger partial charge >= 0.3 is 0 Å². The number of phenols is 1. The highest BCUT2D eigenvalue weighted by molar-refractivity contribution is 14.1. The number of nitrogens with one attached hydrogen (secondary N) is 2. The molecule has 0 spiro atoms. The number of halogens is 2. The van der Waals surface area contributed by atoms with Gasteiger partial charge in [0.2, 0.25) is 0 Å².